The number of carbonyl (C=O) groups is 2. The summed E-state index contributed by atoms with van der Waals surface area (Å²) < 4.78 is 0. The van der Waals surface area contributed by atoms with Gasteiger partial charge in [0.1, 0.15) is 6.04 Å². The van der Waals surface area contributed by atoms with E-state index in [1.165, 1.54) is 4.90 Å². The van der Waals surface area contributed by atoms with Gasteiger partial charge in [-0.2, -0.15) is 0 Å². The van der Waals surface area contributed by atoms with E-state index in [9.17, 15) is 19.6 Å². The first-order valence-electron chi connectivity index (χ1n) is 9.80. The lowest BCUT2D eigenvalue weighted by Crippen LogP contribution is -2.52. The highest BCUT2D eigenvalue weighted by atomic mass is 16.4. The number of nitrogens with zero attached hydrogens (tertiary/aromatic N) is 1. The minimum Gasteiger partial charge on any atom is -0.426 e. The van der Waals surface area contributed by atoms with Crippen LogP contribution in [0, 0.1) is 0 Å². The predicted octanol–water partition coefficient (Wildman–Crippen LogP) is 2.08. The smallest absolute Gasteiger partial charge is 0.426 e. The third-order valence-corrected chi connectivity index (χ3v) is 5.45. The van der Waals surface area contributed by atoms with E-state index in [4.69, 9.17) is 0 Å². The van der Waals surface area contributed by atoms with Gasteiger partial charge >= 0.3 is 7.12 Å². The molecule has 1 aliphatic rings. The number of carbonyl (C=O) groups excluding carboxylic acids is 2. The number of likely N-dealkylation sites (tertiary alicyclic amines) is 1. The van der Waals surface area contributed by atoms with Gasteiger partial charge in [0, 0.05) is 12.1 Å². The van der Waals surface area contributed by atoms with Crippen LogP contribution in [0.5, 0.6) is 0 Å². The van der Waals surface area contributed by atoms with Gasteiger partial charge in [-0.3, -0.25) is 9.59 Å². The Morgan fingerprint density at radius 1 is 1.14 bits per heavy atom. The maximum absolute atomic E-state index is 13.0. The Kier molecular flexibility index (Phi) is 6.06. The summed E-state index contributed by atoms with van der Waals surface area (Å²) >= 11 is 0. The van der Waals surface area contributed by atoms with Gasteiger partial charge in [-0.25, -0.2) is 0 Å². The Bertz CT molecular complexity index is 879. The number of hydrogen-bond acceptors (Lipinski definition) is 4. The SMILES string of the molecule is CC(NC(=O)c1cccc2cccc(C(C)C)c12)C(=O)N1CCCC1B(O)O. The van der Waals surface area contributed by atoms with E-state index in [1.807, 2.05) is 30.3 Å². The van der Waals surface area contributed by atoms with E-state index in [1.54, 1.807) is 13.0 Å². The van der Waals surface area contributed by atoms with Crippen molar-refractivity contribution < 1.29 is 19.6 Å². The molecule has 0 aliphatic carbocycles. The third kappa shape index (κ3) is 3.91. The van der Waals surface area contributed by atoms with Crippen LogP contribution in [-0.2, 0) is 4.79 Å². The second-order valence-corrected chi connectivity index (χ2v) is 7.76. The molecule has 6 nitrogen and oxygen atoms in total. The zero-order chi connectivity index (χ0) is 20.4. The van der Waals surface area contributed by atoms with Crippen molar-refractivity contribution in [1.82, 2.24) is 10.2 Å². The number of nitrogens with one attached hydrogen (secondary N) is 1. The number of rotatable bonds is 5. The molecule has 2 amide bonds. The first-order valence-corrected chi connectivity index (χ1v) is 9.80. The molecule has 2 atom stereocenters. The fourth-order valence-corrected chi connectivity index (χ4v) is 4.00. The zero-order valence-corrected chi connectivity index (χ0v) is 16.6. The second-order valence-electron chi connectivity index (χ2n) is 7.76. The highest BCUT2D eigenvalue weighted by molar-refractivity contribution is 6.43. The molecule has 3 rings (SSSR count). The van der Waals surface area contributed by atoms with Crippen LogP contribution in [0.3, 0.4) is 0 Å². The molecule has 2 aromatic rings. The van der Waals surface area contributed by atoms with Gasteiger partial charge in [0.2, 0.25) is 5.91 Å². The van der Waals surface area contributed by atoms with E-state index in [0.29, 0.717) is 18.5 Å². The van der Waals surface area contributed by atoms with Crippen molar-refractivity contribution in [1.29, 1.82) is 0 Å². The summed E-state index contributed by atoms with van der Waals surface area (Å²) in [6.45, 7) is 6.27. The molecule has 0 saturated carbocycles. The van der Waals surface area contributed by atoms with Gasteiger partial charge in [0.25, 0.3) is 5.91 Å². The van der Waals surface area contributed by atoms with Gasteiger partial charge in [-0.15, -0.1) is 0 Å². The second kappa shape index (κ2) is 8.33. The summed E-state index contributed by atoms with van der Waals surface area (Å²) in [5.41, 5.74) is 1.63. The Morgan fingerprint density at radius 2 is 1.82 bits per heavy atom. The van der Waals surface area contributed by atoms with Gasteiger partial charge in [0.15, 0.2) is 0 Å². The number of hydrogen-bond donors (Lipinski definition) is 3. The number of fused-ring (bicyclic) bond motifs is 1. The quantitative estimate of drug-likeness (QED) is 0.691. The monoisotopic (exact) mass is 382 g/mol. The molecule has 28 heavy (non-hydrogen) atoms. The molecule has 1 saturated heterocycles. The van der Waals surface area contributed by atoms with Crippen LogP contribution in [0.15, 0.2) is 36.4 Å². The highest BCUT2D eigenvalue weighted by Crippen LogP contribution is 2.28. The lowest BCUT2D eigenvalue weighted by Gasteiger charge is -2.27. The van der Waals surface area contributed by atoms with Crippen LogP contribution in [0.4, 0.5) is 0 Å². The normalized spacial score (nSPS) is 17.8. The lowest BCUT2D eigenvalue weighted by atomic mass is 9.78. The van der Waals surface area contributed by atoms with E-state index in [0.717, 1.165) is 22.8 Å². The molecule has 148 valence electrons. The Hall–Kier alpha value is -2.38. The van der Waals surface area contributed by atoms with Crippen molar-refractivity contribution in [3.63, 3.8) is 0 Å². The zero-order valence-electron chi connectivity index (χ0n) is 16.6. The molecule has 1 aliphatic heterocycles. The summed E-state index contributed by atoms with van der Waals surface area (Å²) in [4.78, 5) is 27.2. The van der Waals surface area contributed by atoms with Crippen LogP contribution < -0.4 is 5.32 Å². The van der Waals surface area contributed by atoms with Crippen molar-refractivity contribution in [3.05, 3.63) is 47.5 Å². The van der Waals surface area contributed by atoms with E-state index in [2.05, 4.69) is 19.2 Å². The summed E-state index contributed by atoms with van der Waals surface area (Å²) in [6.07, 6.45) is 1.26. The molecule has 0 bridgehead atoms. The van der Waals surface area contributed by atoms with E-state index >= 15 is 0 Å². The lowest BCUT2D eigenvalue weighted by molar-refractivity contribution is -0.132. The minimum absolute atomic E-state index is 0.258. The maximum Gasteiger partial charge on any atom is 0.475 e. The predicted molar refractivity (Wildman–Crippen MR) is 110 cm³/mol. The molecule has 2 unspecified atom stereocenters. The minimum atomic E-state index is -1.57. The fraction of sp³-hybridized carbons (Fsp3) is 0.429. The highest BCUT2D eigenvalue weighted by Gasteiger charge is 2.38. The van der Waals surface area contributed by atoms with Crippen LogP contribution in [0.2, 0.25) is 0 Å². The molecule has 0 aromatic heterocycles. The van der Waals surface area contributed by atoms with Crippen LogP contribution >= 0.6 is 0 Å². The summed E-state index contributed by atoms with van der Waals surface area (Å²) in [7, 11) is -1.57. The standard InChI is InChI=1S/C21H27BN2O4/c1-13(2)16-9-4-7-15-8-5-10-17(19(15)16)20(25)23-14(3)21(26)24-12-6-11-18(24)22(27)28/h4-5,7-10,13-14,18,27-28H,6,11-12H2,1-3H3,(H,23,25). The van der Waals surface area contributed by atoms with Crippen LogP contribution in [0.25, 0.3) is 10.8 Å². The van der Waals surface area contributed by atoms with Crippen molar-refractivity contribution in [2.75, 3.05) is 6.54 Å². The Labute approximate surface area is 165 Å². The first kappa shape index (κ1) is 20.4. The molecule has 0 spiro atoms. The van der Waals surface area contributed by atoms with E-state index in [-0.39, 0.29) is 17.7 Å². The average Bonchev–Trinajstić information content (AvgIpc) is 3.16. The van der Waals surface area contributed by atoms with Gasteiger partial charge in [-0.05, 0) is 48.1 Å². The number of amides is 2. The topological polar surface area (TPSA) is 89.9 Å². The fourth-order valence-electron chi connectivity index (χ4n) is 4.00. The third-order valence-electron chi connectivity index (χ3n) is 5.45. The Morgan fingerprint density at radius 3 is 2.46 bits per heavy atom. The van der Waals surface area contributed by atoms with Crippen LogP contribution in [-0.4, -0.2) is 52.4 Å². The molecule has 0 radical (unpaired) electrons. The molecule has 7 heteroatoms. The van der Waals surface area contributed by atoms with Crippen molar-refractivity contribution in [2.45, 2.75) is 51.5 Å². The molecule has 2 aromatic carbocycles. The van der Waals surface area contributed by atoms with E-state index < -0.39 is 19.1 Å². The summed E-state index contributed by atoms with van der Waals surface area (Å²) in [5.74, 6) is -0.960. The summed E-state index contributed by atoms with van der Waals surface area (Å²) in [5, 5.41) is 23.7. The molecule has 3 N–H and O–H groups in total. The largest absolute Gasteiger partial charge is 0.475 e. The molecule has 1 heterocycles. The van der Waals surface area contributed by atoms with Crippen LogP contribution in [0.1, 0.15) is 55.5 Å². The average molecular weight is 382 g/mol. The van der Waals surface area contributed by atoms with Crippen molar-refractivity contribution >= 4 is 29.7 Å². The van der Waals surface area contributed by atoms with Gasteiger partial charge < -0.3 is 20.3 Å². The number of benzene rings is 2. The van der Waals surface area contributed by atoms with Crippen molar-refractivity contribution in [3.8, 4) is 0 Å². The Balaban J connectivity index is 1.84. The molecule has 1 fully saturated rings. The van der Waals surface area contributed by atoms with Crippen molar-refractivity contribution in [2.24, 2.45) is 0 Å². The first-order chi connectivity index (χ1) is 13.3. The molecular formula is C21H27BN2O4. The summed E-state index contributed by atoms with van der Waals surface area (Å²) in [6, 6.07) is 10.8. The van der Waals surface area contributed by atoms with Gasteiger partial charge in [-0.1, -0.05) is 44.2 Å². The van der Waals surface area contributed by atoms with Gasteiger partial charge in [0.05, 0.1) is 5.94 Å². The molecular weight excluding hydrogens is 355 g/mol. The maximum atomic E-state index is 13.0.